The van der Waals surface area contributed by atoms with Gasteiger partial charge in [0, 0.05) is 4.44 Å². The van der Waals surface area contributed by atoms with Crippen LogP contribution in [0.5, 0.6) is 0 Å². The van der Waals surface area contributed by atoms with Crippen LogP contribution >= 0.6 is 14.1 Å². The highest BCUT2D eigenvalue weighted by Gasteiger charge is 2.57. The molecule has 1 aromatic rings. The Morgan fingerprint density at radius 3 is 1.75 bits per heavy atom. The molecule has 9 heteroatoms. The molecule has 0 bridgehead atoms. The smallest absolute Gasteiger partial charge is 0.270 e. The van der Waals surface area contributed by atoms with Crippen molar-refractivity contribution in [2.45, 2.75) is 6.54 Å². The summed E-state index contributed by atoms with van der Waals surface area (Å²) in [6, 6.07) is 9.95. The maximum absolute atomic E-state index is 5.68. The van der Waals surface area contributed by atoms with Crippen molar-refractivity contribution in [3.63, 3.8) is 0 Å². The average Bonchev–Trinajstić information content (AvgIpc) is 3.08. The first-order valence-corrected chi connectivity index (χ1v) is 11.4. The predicted molar refractivity (Wildman–Crippen MR) is 84.4 cm³/mol. The standard InChI is InChI=1S/C11H15NO4P2S2/c19-17(13-6-7-14-17)12(18(20)15-8-9-16-18)10-11-4-2-1-3-5-11/h1-5H,6-10H2. The molecule has 20 heavy (non-hydrogen) atoms. The fraction of sp³-hybridized carbons (Fsp3) is 0.455. The van der Waals surface area contributed by atoms with Gasteiger partial charge in [-0.1, -0.05) is 30.3 Å². The maximum Gasteiger partial charge on any atom is 0.270 e. The zero-order chi connectivity index (χ0) is 14.1. The van der Waals surface area contributed by atoms with Gasteiger partial charge in [-0.05, 0) is 5.56 Å². The fourth-order valence-corrected chi connectivity index (χ4v) is 9.66. The molecule has 0 aliphatic carbocycles. The summed E-state index contributed by atoms with van der Waals surface area (Å²) in [7, 11) is -5.20. The molecule has 1 aromatic carbocycles. The summed E-state index contributed by atoms with van der Waals surface area (Å²) in [5.41, 5.74) is 1.08. The Morgan fingerprint density at radius 1 is 0.850 bits per heavy atom. The van der Waals surface area contributed by atoms with Gasteiger partial charge in [-0.25, -0.2) is 18.1 Å². The van der Waals surface area contributed by atoms with Gasteiger partial charge in [0.2, 0.25) is 0 Å². The minimum Gasteiger partial charge on any atom is -0.469 e. The van der Waals surface area contributed by atoms with Gasteiger partial charge in [0.25, 0.3) is 14.1 Å². The van der Waals surface area contributed by atoms with Crippen molar-refractivity contribution in [3.05, 3.63) is 35.9 Å². The lowest BCUT2D eigenvalue weighted by Crippen LogP contribution is -2.23. The van der Waals surface area contributed by atoms with Gasteiger partial charge in [-0.3, -0.25) is 0 Å². The van der Waals surface area contributed by atoms with E-state index in [1.165, 1.54) is 0 Å². The van der Waals surface area contributed by atoms with E-state index >= 15 is 0 Å². The van der Waals surface area contributed by atoms with Gasteiger partial charge in [0.15, 0.2) is 0 Å². The molecule has 0 atom stereocenters. The Balaban J connectivity index is 1.87. The van der Waals surface area contributed by atoms with Crippen LogP contribution in [0.2, 0.25) is 0 Å². The summed E-state index contributed by atoms with van der Waals surface area (Å²) in [6.07, 6.45) is 0. The van der Waals surface area contributed by atoms with E-state index in [2.05, 4.69) is 0 Å². The van der Waals surface area contributed by atoms with Crippen molar-refractivity contribution in [2.75, 3.05) is 26.4 Å². The third kappa shape index (κ3) is 3.17. The van der Waals surface area contributed by atoms with Crippen LogP contribution < -0.4 is 0 Å². The molecule has 0 saturated carbocycles. The fourth-order valence-electron chi connectivity index (χ4n) is 2.01. The third-order valence-electron chi connectivity index (χ3n) is 2.92. The summed E-state index contributed by atoms with van der Waals surface area (Å²) in [4.78, 5) is 0. The SMILES string of the molecule is [S-][P+]1(N(Cc2ccccc2)[P+]2([S-])OCCO2)OCCO1. The normalized spacial score (nSPS) is 24.4. The second kappa shape index (κ2) is 6.37. The van der Waals surface area contributed by atoms with Crippen molar-refractivity contribution in [2.24, 2.45) is 0 Å². The molecule has 5 nitrogen and oxygen atoms in total. The lowest BCUT2D eigenvalue weighted by molar-refractivity contribution is 0.333. The molecular weight excluding hydrogens is 336 g/mol. The lowest BCUT2D eigenvalue weighted by Gasteiger charge is -2.38. The summed E-state index contributed by atoms with van der Waals surface area (Å²) in [5.74, 6) is 0. The molecule has 110 valence electrons. The first kappa shape index (κ1) is 15.5. The Morgan fingerprint density at radius 2 is 1.30 bits per heavy atom. The third-order valence-corrected chi connectivity index (χ3v) is 11.0. The summed E-state index contributed by atoms with van der Waals surface area (Å²) in [6.45, 7) is 2.51. The largest absolute Gasteiger partial charge is 0.469 e. The van der Waals surface area contributed by atoms with E-state index in [4.69, 9.17) is 42.6 Å². The Hall–Kier alpha value is 0.580. The van der Waals surface area contributed by atoms with Crippen LogP contribution in [0.15, 0.2) is 30.3 Å². The van der Waals surface area contributed by atoms with Gasteiger partial charge in [-0.15, -0.1) is 0 Å². The zero-order valence-corrected chi connectivity index (χ0v) is 14.1. The quantitative estimate of drug-likeness (QED) is 0.610. The highest BCUT2D eigenvalue weighted by molar-refractivity contribution is 8.44. The van der Waals surface area contributed by atoms with E-state index in [1.807, 2.05) is 34.8 Å². The van der Waals surface area contributed by atoms with E-state index in [0.717, 1.165) is 5.56 Å². The number of hydrogen-bond donors (Lipinski definition) is 0. The highest BCUT2D eigenvalue weighted by Crippen LogP contribution is 2.81. The van der Waals surface area contributed by atoms with E-state index in [1.54, 1.807) is 0 Å². The summed E-state index contributed by atoms with van der Waals surface area (Å²) >= 11 is 11.2. The molecule has 0 unspecified atom stereocenters. The highest BCUT2D eigenvalue weighted by atomic mass is 32.7. The van der Waals surface area contributed by atoms with Crippen LogP contribution in [-0.2, 0) is 49.1 Å². The molecule has 0 N–H and O–H groups in total. The van der Waals surface area contributed by atoms with Gasteiger partial charge in [-0.2, -0.15) is 0 Å². The first-order chi connectivity index (χ1) is 9.62. The number of rotatable bonds is 4. The van der Waals surface area contributed by atoms with Crippen LogP contribution in [0.25, 0.3) is 0 Å². The maximum atomic E-state index is 5.68. The minimum absolute atomic E-state index is 0.498. The molecular formula is C11H15NO4P2S2. The van der Waals surface area contributed by atoms with Crippen LogP contribution in [0.1, 0.15) is 5.56 Å². The van der Waals surface area contributed by atoms with Gasteiger partial charge in [0.1, 0.15) is 33.0 Å². The van der Waals surface area contributed by atoms with E-state index in [0.29, 0.717) is 33.0 Å². The second-order valence-corrected chi connectivity index (χ2v) is 11.2. The van der Waals surface area contributed by atoms with Crippen LogP contribution in [0.3, 0.4) is 0 Å². The molecule has 0 aromatic heterocycles. The van der Waals surface area contributed by atoms with E-state index in [9.17, 15) is 0 Å². The topological polar surface area (TPSA) is 40.2 Å². The lowest BCUT2D eigenvalue weighted by atomic mass is 10.2. The number of hydrogen-bond acceptors (Lipinski definition) is 7. The number of nitrogens with zero attached hydrogens (tertiary/aromatic N) is 1. The van der Waals surface area contributed by atoms with Gasteiger partial charge in [0.05, 0.1) is 0 Å². The Bertz CT molecular complexity index is 433. The average molecular weight is 351 g/mol. The molecule has 2 heterocycles. The first-order valence-electron chi connectivity index (χ1n) is 6.23. The van der Waals surface area contributed by atoms with Crippen molar-refractivity contribution in [1.82, 2.24) is 4.44 Å². The van der Waals surface area contributed by atoms with Gasteiger partial charge < -0.3 is 24.5 Å². The molecule has 2 saturated heterocycles. The molecule has 0 spiro atoms. The van der Waals surface area contributed by atoms with Crippen molar-refractivity contribution in [3.8, 4) is 0 Å². The second-order valence-electron chi connectivity index (χ2n) is 4.29. The van der Waals surface area contributed by atoms with Crippen LogP contribution in [0.4, 0.5) is 0 Å². The Kier molecular flexibility index (Phi) is 4.93. The van der Waals surface area contributed by atoms with Crippen LogP contribution in [-0.4, -0.2) is 30.9 Å². The summed E-state index contributed by atoms with van der Waals surface area (Å²) < 4.78 is 24.6. The molecule has 0 amide bonds. The summed E-state index contributed by atoms with van der Waals surface area (Å²) in [5, 5.41) is 0. The van der Waals surface area contributed by atoms with Gasteiger partial charge >= 0.3 is 0 Å². The molecule has 3 rings (SSSR count). The zero-order valence-electron chi connectivity index (χ0n) is 10.7. The predicted octanol–water partition coefficient (Wildman–Crippen LogP) is 3.03. The molecule has 2 fully saturated rings. The molecule has 0 radical (unpaired) electrons. The minimum atomic E-state index is -2.60. The van der Waals surface area contributed by atoms with Crippen molar-refractivity contribution < 1.29 is 18.1 Å². The van der Waals surface area contributed by atoms with Crippen molar-refractivity contribution >= 4 is 38.6 Å². The molecule has 2 aliphatic heterocycles. The van der Waals surface area contributed by atoms with E-state index < -0.39 is 14.1 Å². The van der Waals surface area contributed by atoms with E-state index in [-0.39, 0.29) is 0 Å². The number of benzene rings is 1. The Labute approximate surface area is 130 Å². The molecule has 2 aliphatic rings. The van der Waals surface area contributed by atoms with Crippen molar-refractivity contribution in [1.29, 1.82) is 0 Å². The van der Waals surface area contributed by atoms with Crippen LogP contribution in [0, 0.1) is 0 Å². The monoisotopic (exact) mass is 351 g/mol.